The maximum Gasteiger partial charge on any atom is 0.294 e. The van der Waals surface area contributed by atoms with E-state index >= 15 is 0 Å². The van der Waals surface area contributed by atoms with E-state index in [2.05, 4.69) is 10.2 Å². The van der Waals surface area contributed by atoms with Crippen molar-refractivity contribution in [1.29, 1.82) is 0 Å². The van der Waals surface area contributed by atoms with Gasteiger partial charge in [0.2, 0.25) is 5.91 Å². The number of amides is 3. The Hall–Kier alpha value is -3.04. The van der Waals surface area contributed by atoms with Crippen molar-refractivity contribution in [2.75, 3.05) is 43.1 Å². The van der Waals surface area contributed by atoms with Crippen LogP contribution in [0.3, 0.4) is 0 Å². The molecule has 2 fully saturated rings. The Bertz CT molecular complexity index is 1010. The summed E-state index contributed by atoms with van der Waals surface area (Å²) in [6.45, 7) is 4.28. The number of benzene rings is 1. The summed E-state index contributed by atoms with van der Waals surface area (Å²) in [5.74, 6) is 0.238. The molecule has 2 saturated heterocycles. The number of imide groups is 1. The third-order valence-electron chi connectivity index (χ3n) is 4.80. The van der Waals surface area contributed by atoms with Gasteiger partial charge in [0.15, 0.2) is 5.88 Å². The minimum absolute atomic E-state index is 0.228. The first-order valence-electron chi connectivity index (χ1n) is 9.54. The van der Waals surface area contributed by atoms with E-state index in [1.807, 2.05) is 25.1 Å². The number of para-hydroxylation sites is 1. The summed E-state index contributed by atoms with van der Waals surface area (Å²) in [6, 6.07) is 10.9. The van der Waals surface area contributed by atoms with Crippen LogP contribution in [0.15, 0.2) is 45.7 Å². The van der Waals surface area contributed by atoms with Crippen molar-refractivity contribution >= 4 is 46.5 Å². The molecule has 1 aromatic heterocycles. The van der Waals surface area contributed by atoms with Crippen LogP contribution in [0.2, 0.25) is 0 Å². The van der Waals surface area contributed by atoms with E-state index < -0.39 is 17.1 Å². The standard InChI is InChI=1S/C21H21N3O5S/c1-14-4-2-3-5-16(14)22-18(25)13-24-20(26)17(30-21(24)27)12-15-6-7-19(29-15)23-8-10-28-11-9-23/h2-7,12H,8-11,13H2,1H3,(H,22,25)/b17-12-. The van der Waals surface area contributed by atoms with Gasteiger partial charge in [-0.05, 0) is 36.4 Å². The summed E-state index contributed by atoms with van der Waals surface area (Å²) >= 11 is 0.798. The highest BCUT2D eigenvalue weighted by atomic mass is 32.2. The van der Waals surface area contributed by atoms with Gasteiger partial charge < -0.3 is 19.4 Å². The largest absolute Gasteiger partial charge is 0.441 e. The van der Waals surface area contributed by atoms with Gasteiger partial charge in [-0.15, -0.1) is 0 Å². The summed E-state index contributed by atoms with van der Waals surface area (Å²) in [7, 11) is 0. The Morgan fingerprint density at radius 3 is 2.70 bits per heavy atom. The van der Waals surface area contributed by atoms with E-state index in [1.165, 1.54) is 6.08 Å². The number of aryl methyl sites for hydroxylation is 1. The molecule has 8 nitrogen and oxygen atoms in total. The number of furan rings is 1. The number of anilines is 2. The third kappa shape index (κ3) is 4.42. The summed E-state index contributed by atoms with van der Waals surface area (Å²) < 4.78 is 11.1. The summed E-state index contributed by atoms with van der Waals surface area (Å²) in [6.07, 6.45) is 1.54. The summed E-state index contributed by atoms with van der Waals surface area (Å²) in [5, 5.41) is 2.25. The second kappa shape index (κ2) is 8.76. The highest BCUT2D eigenvalue weighted by Crippen LogP contribution is 2.33. The lowest BCUT2D eigenvalue weighted by atomic mass is 10.2. The molecule has 4 rings (SSSR count). The fourth-order valence-electron chi connectivity index (χ4n) is 3.19. The van der Waals surface area contributed by atoms with E-state index in [4.69, 9.17) is 9.15 Å². The molecule has 0 bridgehead atoms. The van der Waals surface area contributed by atoms with E-state index in [1.54, 1.807) is 18.2 Å². The molecule has 0 saturated carbocycles. The topological polar surface area (TPSA) is 92.1 Å². The highest BCUT2D eigenvalue weighted by molar-refractivity contribution is 8.18. The number of hydrogen-bond donors (Lipinski definition) is 1. The Kier molecular flexibility index (Phi) is 5.91. The van der Waals surface area contributed by atoms with Gasteiger partial charge in [-0.2, -0.15) is 0 Å². The van der Waals surface area contributed by atoms with Crippen LogP contribution in [0.25, 0.3) is 6.08 Å². The normalized spacial score (nSPS) is 18.4. The molecule has 2 aliphatic heterocycles. The van der Waals surface area contributed by atoms with Crippen molar-refractivity contribution in [3.05, 3.63) is 52.6 Å². The number of carbonyl (C=O) groups is 3. The number of carbonyl (C=O) groups excluding carboxylic acids is 3. The average molecular weight is 427 g/mol. The molecule has 0 radical (unpaired) electrons. The molecule has 0 spiro atoms. The number of morpholine rings is 1. The van der Waals surface area contributed by atoms with Gasteiger partial charge in [0, 0.05) is 30.9 Å². The predicted octanol–water partition coefficient (Wildman–Crippen LogP) is 3.10. The van der Waals surface area contributed by atoms with Crippen molar-refractivity contribution in [2.24, 2.45) is 0 Å². The molecular formula is C21H21N3O5S. The van der Waals surface area contributed by atoms with Gasteiger partial charge in [-0.3, -0.25) is 19.3 Å². The summed E-state index contributed by atoms with van der Waals surface area (Å²) in [5.41, 5.74) is 1.55. The maximum absolute atomic E-state index is 12.7. The predicted molar refractivity (Wildman–Crippen MR) is 114 cm³/mol. The number of hydrogen-bond acceptors (Lipinski definition) is 7. The molecule has 9 heteroatoms. The number of ether oxygens (including phenoxy) is 1. The van der Waals surface area contributed by atoms with Crippen LogP contribution in [-0.2, 0) is 14.3 Å². The molecule has 0 aliphatic carbocycles. The van der Waals surface area contributed by atoms with Crippen LogP contribution in [-0.4, -0.2) is 54.8 Å². The second-order valence-electron chi connectivity index (χ2n) is 6.91. The Labute approximate surface area is 177 Å². The zero-order chi connectivity index (χ0) is 21.1. The van der Waals surface area contributed by atoms with E-state index in [-0.39, 0.29) is 11.4 Å². The van der Waals surface area contributed by atoms with Gasteiger partial charge in [0.25, 0.3) is 11.1 Å². The van der Waals surface area contributed by atoms with Crippen LogP contribution in [0.5, 0.6) is 0 Å². The minimum Gasteiger partial charge on any atom is -0.441 e. The number of nitrogens with zero attached hydrogens (tertiary/aromatic N) is 2. The Morgan fingerprint density at radius 1 is 1.17 bits per heavy atom. The van der Waals surface area contributed by atoms with Crippen molar-refractivity contribution in [1.82, 2.24) is 4.90 Å². The van der Waals surface area contributed by atoms with E-state index in [0.29, 0.717) is 30.5 Å². The highest BCUT2D eigenvalue weighted by Gasteiger charge is 2.36. The maximum atomic E-state index is 12.7. The molecule has 30 heavy (non-hydrogen) atoms. The third-order valence-corrected chi connectivity index (χ3v) is 5.71. The lowest BCUT2D eigenvalue weighted by Gasteiger charge is -2.26. The molecule has 2 aromatic rings. The molecule has 0 atom stereocenters. The first-order valence-corrected chi connectivity index (χ1v) is 10.4. The smallest absolute Gasteiger partial charge is 0.294 e. The van der Waals surface area contributed by atoms with Gasteiger partial charge in [0.05, 0.1) is 18.1 Å². The number of thioether (sulfide) groups is 1. The monoisotopic (exact) mass is 427 g/mol. The van der Waals surface area contributed by atoms with Gasteiger partial charge in [-0.25, -0.2) is 0 Å². The lowest BCUT2D eigenvalue weighted by molar-refractivity contribution is -0.127. The zero-order valence-electron chi connectivity index (χ0n) is 16.4. The second-order valence-corrected chi connectivity index (χ2v) is 7.90. The Morgan fingerprint density at radius 2 is 1.93 bits per heavy atom. The number of nitrogens with one attached hydrogen (secondary N) is 1. The van der Waals surface area contributed by atoms with Crippen LogP contribution in [0, 0.1) is 6.92 Å². The fraction of sp³-hybridized carbons (Fsp3) is 0.286. The van der Waals surface area contributed by atoms with Crippen molar-refractivity contribution in [3.8, 4) is 0 Å². The van der Waals surface area contributed by atoms with Crippen molar-refractivity contribution < 1.29 is 23.5 Å². The zero-order valence-corrected chi connectivity index (χ0v) is 17.2. The van der Waals surface area contributed by atoms with E-state index in [9.17, 15) is 14.4 Å². The van der Waals surface area contributed by atoms with E-state index in [0.717, 1.165) is 35.3 Å². The molecule has 1 aromatic carbocycles. The molecule has 2 aliphatic rings. The van der Waals surface area contributed by atoms with Crippen LogP contribution < -0.4 is 10.2 Å². The molecule has 0 unspecified atom stereocenters. The van der Waals surface area contributed by atoms with Crippen LogP contribution >= 0.6 is 11.8 Å². The minimum atomic E-state index is -0.505. The summed E-state index contributed by atoms with van der Waals surface area (Å²) in [4.78, 5) is 40.5. The number of rotatable bonds is 5. The van der Waals surface area contributed by atoms with Crippen LogP contribution in [0.1, 0.15) is 11.3 Å². The van der Waals surface area contributed by atoms with Gasteiger partial charge >= 0.3 is 0 Å². The van der Waals surface area contributed by atoms with Crippen molar-refractivity contribution in [2.45, 2.75) is 6.92 Å². The molecule has 3 heterocycles. The Balaban J connectivity index is 1.41. The first-order chi connectivity index (χ1) is 14.5. The van der Waals surface area contributed by atoms with Crippen LogP contribution in [0.4, 0.5) is 16.4 Å². The quantitative estimate of drug-likeness (QED) is 0.733. The molecular weight excluding hydrogens is 406 g/mol. The lowest BCUT2D eigenvalue weighted by Crippen LogP contribution is -2.36. The fourth-order valence-corrected chi connectivity index (χ4v) is 4.00. The SMILES string of the molecule is Cc1ccccc1NC(=O)CN1C(=O)S/C(=C\c2ccc(N3CCOCC3)o2)C1=O. The molecule has 3 amide bonds. The average Bonchev–Trinajstić information content (AvgIpc) is 3.31. The molecule has 1 N–H and O–H groups in total. The first kappa shape index (κ1) is 20.2. The van der Waals surface area contributed by atoms with Gasteiger partial charge in [0.1, 0.15) is 12.3 Å². The van der Waals surface area contributed by atoms with Gasteiger partial charge in [-0.1, -0.05) is 18.2 Å². The molecule has 156 valence electrons. The van der Waals surface area contributed by atoms with Crippen molar-refractivity contribution in [3.63, 3.8) is 0 Å².